The molecule has 1 fully saturated rings. The summed E-state index contributed by atoms with van der Waals surface area (Å²) < 4.78 is 0. The van der Waals surface area contributed by atoms with Crippen molar-refractivity contribution in [1.29, 1.82) is 0 Å². The predicted octanol–water partition coefficient (Wildman–Crippen LogP) is 1.22. The van der Waals surface area contributed by atoms with Gasteiger partial charge in [0.15, 0.2) is 13.2 Å². The van der Waals surface area contributed by atoms with E-state index < -0.39 is 11.6 Å². The van der Waals surface area contributed by atoms with Gasteiger partial charge in [0, 0.05) is 0 Å². The quantitative estimate of drug-likeness (QED) is 0.636. The number of quaternary nitrogens is 1. The smallest absolute Gasteiger partial charge is 0.320 e. The molecule has 0 spiro atoms. The third-order valence-electron chi connectivity index (χ3n) is 4.66. The lowest BCUT2D eigenvalue weighted by molar-refractivity contribution is -0.878. The summed E-state index contributed by atoms with van der Waals surface area (Å²) in [5.74, 6) is -0.599. The molecule has 3 N–H and O–H groups in total. The van der Waals surface area contributed by atoms with Crippen molar-refractivity contribution in [3.63, 3.8) is 0 Å². The van der Waals surface area contributed by atoms with E-state index in [-0.39, 0.29) is 25.0 Å². The molecule has 0 aliphatic carbocycles. The number of nitrogens with zero attached hydrogens (tertiary/aromatic N) is 1. The molecule has 2 aromatic rings. The first-order chi connectivity index (χ1) is 13.3. The summed E-state index contributed by atoms with van der Waals surface area (Å²) in [6, 6.07) is 15.6. The van der Waals surface area contributed by atoms with Crippen LogP contribution in [-0.2, 0) is 15.1 Å². The molecule has 2 atom stereocenters. The third kappa shape index (κ3) is 4.00. The first kappa shape index (κ1) is 19.9. The zero-order valence-corrected chi connectivity index (χ0v) is 16.4. The van der Waals surface area contributed by atoms with Crippen molar-refractivity contribution in [2.24, 2.45) is 0 Å². The molecule has 7 nitrogen and oxygen atoms in total. The van der Waals surface area contributed by atoms with E-state index in [9.17, 15) is 14.4 Å². The van der Waals surface area contributed by atoms with Gasteiger partial charge in [-0.3, -0.25) is 9.59 Å². The van der Waals surface area contributed by atoms with Gasteiger partial charge >= 0.3 is 6.03 Å². The standard InChI is InChI=1S/C20H21ClN4O3/c1-20(14-8-4-3-5-9-14)18(27)25(19(28)23-20)13-24(2)12-17(26)22-16-11-7-6-10-15(16)21/h3-11H,12-13H2,1-2H3,(H,22,26)(H,23,28)/p+1/t20-/m0/s1. The van der Waals surface area contributed by atoms with E-state index in [4.69, 9.17) is 11.6 Å². The molecule has 1 heterocycles. The number of nitrogens with one attached hydrogen (secondary N) is 3. The number of hydrogen-bond acceptors (Lipinski definition) is 3. The SMILES string of the molecule is C[NH+](CC(=O)Nc1ccccc1Cl)CN1C(=O)N[C@@](C)(c2ccccc2)C1=O. The Kier molecular flexibility index (Phi) is 5.67. The van der Waals surface area contributed by atoms with Crippen LogP contribution in [0.1, 0.15) is 12.5 Å². The maximum absolute atomic E-state index is 12.9. The molecule has 0 aromatic heterocycles. The number of carbonyl (C=O) groups excluding carboxylic acids is 3. The number of likely N-dealkylation sites (N-methyl/N-ethyl adjacent to an activating group) is 1. The van der Waals surface area contributed by atoms with Gasteiger partial charge in [-0.1, -0.05) is 54.1 Å². The van der Waals surface area contributed by atoms with E-state index in [1.165, 1.54) is 0 Å². The van der Waals surface area contributed by atoms with Gasteiger partial charge in [-0.2, -0.15) is 0 Å². The van der Waals surface area contributed by atoms with Crippen LogP contribution in [0.2, 0.25) is 5.02 Å². The molecular formula is C20H22ClN4O3+. The number of amides is 4. The van der Waals surface area contributed by atoms with E-state index in [0.717, 1.165) is 4.90 Å². The van der Waals surface area contributed by atoms with Gasteiger partial charge < -0.3 is 15.5 Å². The second-order valence-electron chi connectivity index (χ2n) is 6.97. The highest BCUT2D eigenvalue weighted by Gasteiger charge is 2.50. The van der Waals surface area contributed by atoms with Gasteiger partial charge in [0.2, 0.25) is 0 Å². The summed E-state index contributed by atoms with van der Waals surface area (Å²) in [7, 11) is 1.74. The number of carbonyl (C=O) groups is 3. The highest BCUT2D eigenvalue weighted by molar-refractivity contribution is 6.33. The van der Waals surface area contributed by atoms with Gasteiger partial charge in [-0.25, -0.2) is 9.69 Å². The van der Waals surface area contributed by atoms with Crippen molar-refractivity contribution in [2.75, 3.05) is 25.6 Å². The number of imide groups is 1. The van der Waals surface area contributed by atoms with Gasteiger partial charge in [0.25, 0.3) is 11.8 Å². The lowest BCUT2D eigenvalue weighted by Gasteiger charge is -2.23. The monoisotopic (exact) mass is 401 g/mol. The molecule has 146 valence electrons. The fraction of sp³-hybridized carbons (Fsp3) is 0.250. The second-order valence-corrected chi connectivity index (χ2v) is 7.38. The summed E-state index contributed by atoms with van der Waals surface area (Å²) in [6.45, 7) is 1.83. The third-order valence-corrected chi connectivity index (χ3v) is 4.99. The van der Waals surface area contributed by atoms with Crippen LogP contribution in [0.3, 0.4) is 0 Å². The molecule has 1 unspecified atom stereocenters. The minimum absolute atomic E-state index is 0.0725. The topological polar surface area (TPSA) is 82.9 Å². The Labute approximate surface area is 168 Å². The van der Waals surface area contributed by atoms with Crippen molar-refractivity contribution in [1.82, 2.24) is 10.2 Å². The molecule has 2 aromatic carbocycles. The molecular weight excluding hydrogens is 380 g/mol. The molecule has 3 rings (SSSR count). The molecule has 28 heavy (non-hydrogen) atoms. The van der Waals surface area contributed by atoms with Gasteiger partial charge in [-0.05, 0) is 24.6 Å². The van der Waals surface area contributed by atoms with Crippen LogP contribution < -0.4 is 15.5 Å². The highest BCUT2D eigenvalue weighted by atomic mass is 35.5. The summed E-state index contributed by atoms with van der Waals surface area (Å²) in [5, 5.41) is 5.94. The minimum Gasteiger partial charge on any atom is -0.320 e. The molecule has 0 radical (unpaired) electrons. The maximum Gasteiger partial charge on any atom is 0.329 e. The Balaban J connectivity index is 1.63. The Hall–Kier alpha value is -2.90. The zero-order chi connectivity index (χ0) is 20.3. The number of rotatable bonds is 6. The minimum atomic E-state index is -1.11. The van der Waals surface area contributed by atoms with Gasteiger partial charge in [0.1, 0.15) is 5.54 Å². The van der Waals surface area contributed by atoms with Crippen LogP contribution >= 0.6 is 11.6 Å². The summed E-state index contributed by atoms with van der Waals surface area (Å²) in [5.41, 5.74) is 0.122. The van der Waals surface area contributed by atoms with Crippen LogP contribution in [0.5, 0.6) is 0 Å². The average Bonchev–Trinajstić information content (AvgIpc) is 2.88. The van der Waals surface area contributed by atoms with Crippen LogP contribution in [0.25, 0.3) is 0 Å². The maximum atomic E-state index is 12.9. The van der Waals surface area contributed by atoms with E-state index in [0.29, 0.717) is 21.2 Å². The molecule has 1 aliphatic rings. The van der Waals surface area contributed by atoms with Crippen LogP contribution in [0.4, 0.5) is 10.5 Å². The van der Waals surface area contributed by atoms with E-state index in [2.05, 4.69) is 10.6 Å². The van der Waals surface area contributed by atoms with E-state index >= 15 is 0 Å². The Morgan fingerprint density at radius 3 is 2.46 bits per heavy atom. The summed E-state index contributed by atoms with van der Waals surface area (Å²) in [6.07, 6.45) is 0. The van der Waals surface area contributed by atoms with Crippen molar-refractivity contribution < 1.29 is 19.3 Å². The zero-order valence-electron chi connectivity index (χ0n) is 15.7. The lowest BCUT2D eigenvalue weighted by Crippen LogP contribution is -3.11. The van der Waals surface area contributed by atoms with Crippen LogP contribution in [0, 0.1) is 0 Å². The summed E-state index contributed by atoms with van der Waals surface area (Å²) >= 11 is 6.04. The molecule has 0 saturated carbocycles. The van der Waals surface area contributed by atoms with Crippen molar-refractivity contribution in [2.45, 2.75) is 12.5 Å². The largest absolute Gasteiger partial charge is 0.329 e. The van der Waals surface area contributed by atoms with Crippen molar-refractivity contribution in [3.8, 4) is 0 Å². The van der Waals surface area contributed by atoms with Crippen molar-refractivity contribution in [3.05, 3.63) is 65.2 Å². The lowest BCUT2D eigenvalue weighted by atomic mass is 9.92. The molecule has 8 heteroatoms. The van der Waals surface area contributed by atoms with Crippen molar-refractivity contribution >= 4 is 35.1 Å². The van der Waals surface area contributed by atoms with Gasteiger partial charge in [0.05, 0.1) is 17.8 Å². The first-order valence-corrected chi connectivity index (χ1v) is 9.24. The second kappa shape index (κ2) is 8.00. The number of para-hydroxylation sites is 1. The van der Waals surface area contributed by atoms with Gasteiger partial charge in [-0.15, -0.1) is 0 Å². The number of urea groups is 1. The van der Waals surface area contributed by atoms with Crippen LogP contribution in [-0.4, -0.2) is 43.0 Å². The number of halogens is 1. The highest BCUT2D eigenvalue weighted by Crippen LogP contribution is 2.27. The normalized spacial score (nSPS) is 20.0. The number of hydrogen-bond donors (Lipinski definition) is 3. The average molecular weight is 402 g/mol. The number of anilines is 1. The Morgan fingerprint density at radius 1 is 1.14 bits per heavy atom. The first-order valence-electron chi connectivity index (χ1n) is 8.86. The number of benzene rings is 2. The van der Waals surface area contributed by atoms with E-state index in [1.54, 1.807) is 50.4 Å². The molecule has 4 amide bonds. The van der Waals surface area contributed by atoms with E-state index in [1.807, 2.05) is 18.2 Å². The predicted molar refractivity (Wildman–Crippen MR) is 106 cm³/mol. The Morgan fingerprint density at radius 2 is 1.79 bits per heavy atom. The summed E-state index contributed by atoms with van der Waals surface area (Å²) in [4.78, 5) is 39.4. The fourth-order valence-corrected chi connectivity index (χ4v) is 3.35. The molecule has 1 saturated heterocycles. The molecule has 1 aliphatic heterocycles. The fourth-order valence-electron chi connectivity index (χ4n) is 3.16. The Bertz CT molecular complexity index is 905. The molecule has 0 bridgehead atoms. The van der Waals surface area contributed by atoms with Crippen LogP contribution in [0.15, 0.2) is 54.6 Å².